The Morgan fingerprint density at radius 1 is 0.294 bits per heavy atom. The van der Waals surface area contributed by atoms with Crippen molar-refractivity contribution in [1.29, 1.82) is 5.41 Å². The van der Waals surface area contributed by atoms with Crippen LogP contribution in [0.15, 0.2) is 121 Å². The highest BCUT2D eigenvalue weighted by molar-refractivity contribution is 6.76. The van der Waals surface area contributed by atoms with Crippen LogP contribution in [0.1, 0.15) is 125 Å². The third-order valence-electron chi connectivity index (χ3n) is 18.9. The molecule has 5 saturated heterocycles. The van der Waals surface area contributed by atoms with E-state index in [4.69, 9.17) is 149 Å². The van der Waals surface area contributed by atoms with Gasteiger partial charge < -0.3 is 120 Å². The van der Waals surface area contributed by atoms with Crippen LogP contribution in [0.5, 0.6) is 0 Å². The molecular formula is C82H92Cl3N3O38. The van der Waals surface area contributed by atoms with Crippen molar-refractivity contribution in [2.75, 3.05) is 26.4 Å². The molecule has 5 aliphatic heterocycles. The summed E-state index contributed by atoms with van der Waals surface area (Å²) in [4.78, 5) is 207. The first-order valence-electron chi connectivity index (χ1n) is 38.8. The molecule has 0 saturated carbocycles. The molecule has 0 unspecified atom stereocenters. The van der Waals surface area contributed by atoms with Gasteiger partial charge in [0.25, 0.3) is 3.79 Å². The first-order chi connectivity index (χ1) is 59.6. The lowest BCUT2D eigenvalue weighted by Crippen LogP contribution is -2.73. The molecule has 4 aromatic carbocycles. The summed E-state index contributed by atoms with van der Waals surface area (Å²) in [7, 11) is 0. The van der Waals surface area contributed by atoms with E-state index in [0.717, 1.165) is 76.2 Å². The highest BCUT2D eigenvalue weighted by Crippen LogP contribution is 2.43. The lowest BCUT2D eigenvalue weighted by Gasteiger charge is -2.53. The Bertz CT molecular complexity index is 4530. The monoisotopic (exact) mass is 1830 g/mol. The van der Waals surface area contributed by atoms with Gasteiger partial charge in [0, 0.05) is 76.2 Å². The molecule has 4 aromatic rings. The van der Waals surface area contributed by atoms with Crippen molar-refractivity contribution in [1.82, 2.24) is 10.6 Å². The maximum atomic E-state index is 14.8. The molecule has 44 heteroatoms. The van der Waals surface area contributed by atoms with Crippen molar-refractivity contribution < 1.29 is 181 Å². The molecule has 0 aliphatic carbocycles. The Balaban J connectivity index is 1.30. The summed E-state index contributed by atoms with van der Waals surface area (Å²) < 4.78 is 140. The molecule has 25 atom stereocenters. The number of benzene rings is 4. The Hall–Kier alpha value is -11.1. The maximum absolute atomic E-state index is 14.8. The molecule has 684 valence electrons. The average molecular weight is 1830 g/mol. The maximum Gasteiger partial charge on any atom is 0.338 e. The van der Waals surface area contributed by atoms with Crippen LogP contribution in [0.2, 0.25) is 0 Å². The summed E-state index contributed by atoms with van der Waals surface area (Å²) in [6.45, 7) is 7.69. The summed E-state index contributed by atoms with van der Waals surface area (Å²) in [5.74, 6) is -17.6. The van der Waals surface area contributed by atoms with Gasteiger partial charge >= 0.3 is 77.6 Å². The minimum atomic E-state index is -2.72. The number of alkyl halides is 3. The number of ether oxygens (including phenoxy) is 23. The van der Waals surface area contributed by atoms with E-state index in [1.807, 2.05) is 0 Å². The number of carbonyl (C=O) groups is 15. The van der Waals surface area contributed by atoms with Gasteiger partial charge in [-0.05, 0) is 55.5 Å². The second-order valence-corrected chi connectivity index (χ2v) is 31.0. The molecule has 3 N–H and O–H groups in total. The Morgan fingerprint density at radius 3 is 0.889 bits per heavy atom. The molecule has 5 heterocycles. The van der Waals surface area contributed by atoms with Crippen molar-refractivity contribution in [3.05, 3.63) is 144 Å². The van der Waals surface area contributed by atoms with Crippen molar-refractivity contribution in [2.24, 2.45) is 0 Å². The third kappa shape index (κ3) is 27.5. The van der Waals surface area contributed by atoms with Crippen LogP contribution in [-0.4, -0.2) is 279 Å². The molecular weight excluding hydrogens is 1740 g/mol. The number of amides is 2. The van der Waals surface area contributed by atoms with Gasteiger partial charge in [-0.25, -0.2) is 19.2 Å². The normalized spacial score (nSPS) is 29.3. The lowest BCUT2D eigenvalue weighted by molar-refractivity contribution is -0.384. The van der Waals surface area contributed by atoms with Gasteiger partial charge in [-0.1, -0.05) is 108 Å². The van der Waals surface area contributed by atoms with Gasteiger partial charge in [-0.3, -0.25) is 58.1 Å². The zero-order valence-corrected chi connectivity index (χ0v) is 71.7. The standard InChI is InChI=1S/C82H92Cl3N3O38/c1-37-59(118-72(100)49-25-17-13-18-26-49)66(119-73(101)50-27-19-14-20-28-50)69(112-47(11)98)78(108-37)125-65-58(88-39(3)90)77(115-54(34-105-41(5)92)61(65)123-79-70(113-48(12)99)67(111-46(10)97)62(110-45(9)96)55(116-79)35-106-42(6)93)124-64-57(87-38(2)89)76(114-53(33-104-40(4)91)60(64)109-44(8)95)122-63-56(36-107-43(7)94)117-80(126-81(86)82(83,84)85)71(121-75(103)52-31-23-16-24-32-52)68(63)120-74(102)51-29-21-15-22-30-51/h13-32,37,53-71,76-80,86H,33-36H2,1-12H3,(H,87,89)(H,88,90)/t37-,53+,54+,55+,56+,57+,58+,59+,60-,61+,62-,63+,64+,65+,66+,67-,68-,69-,70+,71+,76-,77-,78-,79-,80+/m0/s1. The van der Waals surface area contributed by atoms with Crippen LogP contribution >= 0.6 is 34.8 Å². The fourth-order valence-electron chi connectivity index (χ4n) is 13.9. The van der Waals surface area contributed by atoms with Crippen LogP contribution in [0.4, 0.5) is 0 Å². The zero-order valence-electron chi connectivity index (χ0n) is 69.5. The molecule has 41 nitrogen and oxygen atoms in total. The van der Waals surface area contributed by atoms with Gasteiger partial charge in [0.1, 0.15) is 87.3 Å². The van der Waals surface area contributed by atoms with Crippen LogP contribution < -0.4 is 10.6 Å². The van der Waals surface area contributed by atoms with Gasteiger partial charge in [0.05, 0.1) is 28.4 Å². The zero-order chi connectivity index (χ0) is 92.1. The fourth-order valence-corrected chi connectivity index (χ4v) is 14.0. The minimum absolute atomic E-state index is 0.0406. The highest BCUT2D eigenvalue weighted by Gasteiger charge is 2.63. The Kier molecular flexibility index (Phi) is 35.5. The van der Waals surface area contributed by atoms with Crippen LogP contribution in [0, 0.1) is 5.41 Å². The fraction of sp³-hybridized carbons (Fsp3) is 0.512. The smallest absolute Gasteiger partial charge is 0.338 e. The molecule has 9 rings (SSSR count). The molecule has 5 aliphatic rings. The molecule has 0 spiro atoms. The summed E-state index contributed by atoms with van der Waals surface area (Å²) >= 11 is 18.5. The largest absolute Gasteiger partial charge is 0.463 e. The molecule has 0 aromatic heterocycles. The van der Waals surface area contributed by atoms with E-state index in [0.29, 0.717) is 0 Å². The first-order valence-corrected chi connectivity index (χ1v) is 40.0. The average Bonchev–Trinajstić information content (AvgIpc) is 0.751. The van der Waals surface area contributed by atoms with Crippen LogP contribution in [-0.2, 0) is 162 Å². The second kappa shape index (κ2) is 45.4. The number of nitrogens with one attached hydrogen (secondary N) is 3. The lowest BCUT2D eigenvalue weighted by atomic mass is 9.92. The van der Waals surface area contributed by atoms with E-state index in [9.17, 15) is 71.9 Å². The van der Waals surface area contributed by atoms with E-state index < -0.39 is 279 Å². The second-order valence-electron chi connectivity index (χ2n) is 28.7. The topological polar surface area (TPSA) is 516 Å². The number of hydrogen-bond acceptors (Lipinski definition) is 39. The predicted octanol–water partition coefficient (Wildman–Crippen LogP) is 4.36. The molecule has 0 radical (unpaired) electrons. The van der Waals surface area contributed by atoms with Crippen molar-refractivity contribution >= 4 is 130 Å². The first kappa shape index (κ1) is 98.7. The van der Waals surface area contributed by atoms with Crippen LogP contribution in [0.3, 0.4) is 0 Å². The van der Waals surface area contributed by atoms with E-state index >= 15 is 0 Å². The number of rotatable bonds is 32. The Morgan fingerprint density at radius 2 is 0.540 bits per heavy atom. The van der Waals surface area contributed by atoms with Gasteiger partial charge in [-0.15, -0.1) is 0 Å². The van der Waals surface area contributed by atoms with Crippen molar-refractivity contribution in [3.63, 3.8) is 0 Å². The summed E-state index contributed by atoms with van der Waals surface area (Å²) in [5, 5.41) is 14.0. The number of hydrogen-bond donors (Lipinski definition) is 3. The van der Waals surface area contributed by atoms with Crippen molar-refractivity contribution in [3.8, 4) is 0 Å². The minimum Gasteiger partial charge on any atom is -0.463 e. The van der Waals surface area contributed by atoms with Gasteiger partial charge in [0.15, 0.2) is 74.0 Å². The van der Waals surface area contributed by atoms with Gasteiger partial charge in [0.2, 0.25) is 30.1 Å². The summed E-state index contributed by atoms with van der Waals surface area (Å²) in [6.07, 6.45) is -48.6. The van der Waals surface area contributed by atoms with E-state index in [2.05, 4.69) is 10.6 Å². The predicted molar refractivity (Wildman–Crippen MR) is 420 cm³/mol. The third-order valence-corrected chi connectivity index (χ3v) is 19.4. The van der Waals surface area contributed by atoms with Crippen LogP contribution in [0.25, 0.3) is 0 Å². The Labute approximate surface area is 733 Å². The summed E-state index contributed by atoms with van der Waals surface area (Å²) in [6, 6.07) is 24.4. The van der Waals surface area contributed by atoms with E-state index in [-0.39, 0.29) is 22.3 Å². The van der Waals surface area contributed by atoms with Gasteiger partial charge in [-0.2, -0.15) is 0 Å². The number of carbonyl (C=O) groups excluding carboxylic acids is 15. The molecule has 126 heavy (non-hydrogen) atoms. The number of halogens is 3. The molecule has 0 bridgehead atoms. The van der Waals surface area contributed by atoms with E-state index in [1.54, 1.807) is 24.3 Å². The molecule has 5 fully saturated rings. The van der Waals surface area contributed by atoms with Crippen molar-refractivity contribution in [2.45, 2.75) is 240 Å². The van der Waals surface area contributed by atoms with E-state index in [1.165, 1.54) is 104 Å². The highest BCUT2D eigenvalue weighted by atomic mass is 35.6. The molecule has 2 amide bonds. The quantitative estimate of drug-likeness (QED) is 0.0201. The number of esters is 13. The summed E-state index contributed by atoms with van der Waals surface area (Å²) in [5.41, 5.74) is -0.500. The SMILES string of the molecule is CC(=O)N[C@H]1[C@H](O[C@H]2[C@H](OC(=O)c3ccccc3)[C@@H](OC(=O)c3ccccc3)[C@@H](OC(=N)C(Cl)(Cl)Cl)O[C@@H]2COC(C)=O)O[C@H](COC(C)=O)[C@H](OC(C)=O)[C@@H]1O[C@@H]1O[C@H](COC(C)=O)[C@@H](O[C@@H]2O[C@H](COC(C)=O)[C@H](OC(C)=O)[C@H](OC(C)=O)[C@H]2OC(C)=O)[C@H](O[C@@H]2O[C@@H](C)[C@@H](OC(=O)c3ccccc3)[C@@H](OC(=O)c3ccccc3)[C@@H]2OC(C)=O)[C@H]1NC(C)=O.